The van der Waals surface area contributed by atoms with Crippen molar-refractivity contribution < 1.29 is 9.47 Å². The molecule has 1 aromatic carbocycles. The van der Waals surface area contributed by atoms with Crippen LogP contribution in [-0.4, -0.2) is 81.8 Å². The second kappa shape index (κ2) is 10.4. The van der Waals surface area contributed by atoms with E-state index < -0.39 is 0 Å². The maximum atomic E-state index is 5.97. The van der Waals surface area contributed by atoms with Gasteiger partial charge in [0.05, 0.1) is 36.3 Å². The van der Waals surface area contributed by atoms with Gasteiger partial charge in [0.15, 0.2) is 11.5 Å². The number of nitrogens with one attached hydrogen (secondary N) is 1. The van der Waals surface area contributed by atoms with Crippen molar-refractivity contribution in [3.8, 4) is 17.3 Å². The summed E-state index contributed by atoms with van der Waals surface area (Å²) in [5, 5.41) is 4.36. The summed E-state index contributed by atoms with van der Waals surface area (Å²) in [7, 11) is 0. The standard InChI is InChI=1S/C28H29N9O2/c1-2-4-23-20(3-1)15-32-28(34-23)39-19-22-18-37-24(17-31-26(27(37)33-22)36-11-13-38-14-12-36)21-5-6-25(30-16-21)35-9-7-29-8-10-35/h1-6,15-18,29H,7-14,19H2. The SMILES string of the molecule is c1ccc2nc(OCc3cn4c(-c5ccc(N6CCNCC6)nc5)cnc(N5CCOCC5)c4n3)ncc2c1. The lowest BCUT2D eigenvalue weighted by Crippen LogP contribution is -2.43. The van der Waals surface area contributed by atoms with Gasteiger partial charge in [-0.05, 0) is 18.2 Å². The van der Waals surface area contributed by atoms with Gasteiger partial charge in [0, 0.05) is 68.8 Å². The maximum absolute atomic E-state index is 5.97. The van der Waals surface area contributed by atoms with Crippen molar-refractivity contribution in [2.75, 3.05) is 62.3 Å². The van der Waals surface area contributed by atoms with Gasteiger partial charge in [0.2, 0.25) is 0 Å². The summed E-state index contributed by atoms with van der Waals surface area (Å²) in [6.45, 7) is 6.98. The minimum Gasteiger partial charge on any atom is -0.457 e. The lowest BCUT2D eigenvalue weighted by molar-refractivity contribution is 0.122. The van der Waals surface area contributed by atoms with E-state index in [2.05, 4.69) is 41.6 Å². The molecule has 5 aromatic rings. The van der Waals surface area contributed by atoms with E-state index in [0.29, 0.717) is 19.2 Å². The van der Waals surface area contributed by atoms with Gasteiger partial charge in [-0.25, -0.2) is 19.9 Å². The van der Waals surface area contributed by atoms with Crippen LogP contribution >= 0.6 is 0 Å². The number of rotatable bonds is 6. The Morgan fingerprint density at radius 1 is 0.846 bits per heavy atom. The minimum atomic E-state index is 0.238. The number of pyridine rings is 1. The molecule has 2 saturated heterocycles. The van der Waals surface area contributed by atoms with Crippen molar-refractivity contribution in [3.63, 3.8) is 0 Å². The Morgan fingerprint density at radius 3 is 2.56 bits per heavy atom. The molecule has 0 aliphatic carbocycles. The van der Waals surface area contributed by atoms with E-state index in [1.54, 1.807) is 6.20 Å². The first-order valence-electron chi connectivity index (χ1n) is 13.3. The third-order valence-electron chi connectivity index (χ3n) is 7.14. The zero-order valence-corrected chi connectivity index (χ0v) is 21.5. The normalized spacial score (nSPS) is 16.2. The highest BCUT2D eigenvalue weighted by atomic mass is 16.5. The van der Waals surface area contributed by atoms with Gasteiger partial charge in [-0.1, -0.05) is 18.2 Å². The summed E-state index contributed by atoms with van der Waals surface area (Å²) in [4.78, 5) is 28.0. The van der Waals surface area contributed by atoms with E-state index in [1.165, 1.54) is 0 Å². The Hall–Kier alpha value is -4.35. The van der Waals surface area contributed by atoms with Crippen LogP contribution in [0, 0.1) is 0 Å². The molecule has 0 unspecified atom stereocenters. The fraction of sp³-hybridized carbons (Fsp3) is 0.321. The molecule has 1 N–H and O–H groups in total. The van der Waals surface area contributed by atoms with Crippen molar-refractivity contribution in [1.29, 1.82) is 0 Å². The molecule has 2 aliphatic heterocycles. The summed E-state index contributed by atoms with van der Waals surface area (Å²) in [5.41, 5.74) is 4.28. The highest BCUT2D eigenvalue weighted by molar-refractivity contribution is 5.77. The fourth-order valence-electron chi connectivity index (χ4n) is 5.08. The monoisotopic (exact) mass is 523 g/mol. The van der Waals surface area contributed by atoms with Crippen LogP contribution in [0.15, 0.2) is 61.2 Å². The molecule has 2 aliphatic rings. The van der Waals surface area contributed by atoms with Gasteiger partial charge in [0.25, 0.3) is 0 Å². The lowest BCUT2D eigenvalue weighted by atomic mass is 10.2. The first kappa shape index (κ1) is 23.7. The molecule has 0 saturated carbocycles. The molecular formula is C28H29N9O2. The Morgan fingerprint density at radius 2 is 1.72 bits per heavy atom. The second-order valence-corrected chi connectivity index (χ2v) is 9.63. The molecule has 198 valence electrons. The van der Waals surface area contributed by atoms with Crippen molar-refractivity contribution >= 4 is 28.2 Å². The fourth-order valence-corrected chi connectivity index (χ4v) is 5.08. The van der Waals surface area contributed by atoms with E-state index in [0.717, 1.165) is 84.4 Å². The van der Waals surface area contributed by atoms with Crippen LogP contribution in [0.4, 0.5) is 11.6 Å². The molecule has 6 heterocycles. The second-order valence-electron chi connectivity index (χ2n) is 9.63. The van der Waals surface area contributed by atoms with Crippen LogP contribution in [0.2, 0.25) is 0 Å². The summed E-state index contributed by atoms with van der Waals surface area (Å²) in [6.07, 6.45) is 7.60. The minimum absolute atomic E-state index is 0.238. The molecule has 0 amide bonds. The number of aromatic nitrogens is 6. The van der Waals surface area contributed by atoms with Crippen molar-refractivity contribution in [2.24, 2.45) is 0 Å². The predicted molar refractivity (Wildman–Crippen MR) is 148 cm³/mol. The summed E-state index contributed by atoms with van der Waals surface area (Å²) in [5.74, 6) is 1.82. The number of piperazine rings is 1. The van der Waals surface area contributed by atoms with Crippen LogP contribution in [-0.2, 0) is 11.3 Å². The summed E-state index contributed by atoms with van der Waals surface area (Å²) < 4.78 is 13.6. The average Bonchev–Trinajstić information content (AvgIpc) is 3.45. The average molecular weight is 524 g/mol. The van der Waals surface area contributed by atoms with Crippen LogP contribution in [0.25, 0.3) is 27.8 Å². The van der Waals surface area contributed by atoms with Crippen molar-refractivity contribution in [3.05, 3.63) is 66.9 Å². The molecular weight excluding hydrogens is 494 g/mol. The van der Waals surface area contributed by atoms with E-state index in [1.807, 2.05) is 42.9 Å². The van der Waals surface area contributed by atoms with Crippen molar-refractivity contribution in [1.82, 2.24) is 34.6 Å². The van der Waals surface area contributed by atoms with Gasteiger partial charge in [-0.2, -0.15) is 4.98 Å². The number of nitrogens with zero attached hydrogens (tertiary/aromatic N) is 8. The number of anilines is 2. The highest BCUT2D eigenvalue weighted by Gasteiger charge is 2.21. The Labute approximate surface area is 225 Å². The van der Waals surface area contributed by atoms with E-state index in [-0.39, 0.29) is 6.61 Å². The molecule has 2 fully saturated rings. The Bertz CT molecular complexity index is 1590. The molecule has 39 heavy (non-hydrogen) atoms. The Balaban J connectivity index is 1.21. The number of hydrogen-bond donors (Lipinski definition) is 1. The van der Waals surface area contributed by atoms with E-state index in [4.69, 9.17) is 24.4 Å². The molecule has 7 rings (SSSR count). The molecule has 11 nitrogen and oxygen atoms in total. The van der Waals surface area contributed by atoms with Gasteiger partial charge < -0.3 is 24.6 Å². The molecule has 11 heteroatoms. The highest BCUT2D eigenvalue weighted by Crippen LogP contribution is 2.28. The topological polar surface area (TPSA) is 106 Å². The summed E-state index contributed by atoms with van der Waals surface area (Å²) in [6, 6.07) is 12.4. The van der Waals surface area contributed by atoms with Crippen LogP contribution in [0.3, 0.4) is 0 Å². The van der Waals surface area contributed by atoms with Gasteiger partial charge >= 0.3 is 6.01 Å². The van der Waals surface area contributed by atoms with Crippen LogP contribution < -0.4 is 19.9 Å². The third-order valence-corrected chi connectivity index (χ3v) is 7.14. The van der Waals surface area contributed by atoms with Gasteiger partial charge in [-0.15, -0.1) is 0 Å². The van der Waals surface area contributed by atoms with E-state index >= 15 is 0 Å². The first-order valence-corrected chi connectivity index (χ1v) is 13.3. The quantitative estimate of drug-likeness (QED) is 0.357. The number of morpholine rings is 1. The number of imidazole rings is 1. The molecule has 0 bridgehead atoms. The molecule has 0 atom stereocenters. The lowest BCUT2D eigenvalue weighted by Gasteiger charge is -2.28. The maximum Gasteiger partial charge on any atom is 0.317 e. The van der Waals surface area contributed by atoms with Crippen LogP contribution in [0.5, 0.6) is 6.01 Å². The number of ether oxygens (including phenoxy) is 2. The van der Waals surface area contributed by atoms with Gasteiger partial charge in [0.1, 0.15) is 12.4 Å². The Kier molecular flexibility index (Phi) is 6.35. The van der Waals surface area contributed by atoms with Crippen LogP contribution in [0.1, 0.15) is 5.69 Å². The summed E-state index contributed by atoms with van der Waals surface area (Å²) >= 11 is 0. The number of hydrogen-bond acceptors (Lipinski definition) is 10. The van der Waals surface area contributed by atoms with Crippen molar-refractivity contribution in [2.45, 2.75) is 6.61 Å². The zero-order chi connectivity index (χ0) is 26.0. The number of para-hydroxylation sites is 1. The molecule has 0 spiro atoms. The number of fused-ring (bicyclic) bond motifs is 2. The largest absolute Gasteiger partial charge is 0.457 e. The first-order chi connectivity index (χ1) is 19.3. The molecule has 0 radical (unpaired) electrons. The molecule has 4 aromatic heterocycles. The van der Waals surface area contributed by atoms with E-state index in [9.17, 15) is 0 Å². The predicted octanol–water partition coefficient (Wildman–Crippen LogP) is 2.56. The van der Waals surface area contributed by atoms with Gasteiger partial charge in [-0.3, -0.25) is 4.40 Å². The zero-order valence-electron chi connectivity index (χ0n) is 21.5. The third kappa shape index (κ3) is 4.82. The number of benzene rings is 1. The smallest absolute Gasteiger partial charge is 0.317 e.